The van der Waals surface area contributed by atoms with Crippen molar-refractivity contribution in [3.05, 3.63) is 34.9 Å². The summed E-state index contributed by atoms with van der Waals surface area (Å²) in [5, 5.41) is 3.44. The van der Waals surface area contributed by atoms with Gasteiger partial charge in [0, 0.05) is 5.54 Å². The molecule has 0 saturated heterocycles. The topological polar surface area (TPSA) is 12.0 Å². The van der Waals surface area contributed by atoms with Gasteiger partial charge in [0.1, 0.15) is 11.6 Å². The van der Waals surface area contributed by atoms with Gasteiger partial charge in [-0.3, -0.25) is 0 Å². The maximum Gasteiger partial charge on any atom is 0.126 e. The van der Waals surface area contributed by atoms with Crippen molar-refractivity contribution in [1.82, 2.24) is 5.32 Å². The number of aryl methyl sites for hydroxylation is 2. The number of halogens is 2. The quantitative estimate of drug-likeness (QED) is 0.803. The summed E-state index contributed by atoms with van der Waals surface area (Å²) in [7, 11) is 0. The second-order valence-electron chi connectivity index (χ2n) is 6.80. The highest BCUT2D eigenvalue weighted by Crippen LogP contribution is 2.18. The molecule has 1 rings (SSSR count). The van der Waals surface area contributed by atoms with Crippen LogP contribution in [0.1, 0.15) is 51.7 Å². The number of hydrogen-bond donors (Lipinski definition) is 1. The van der Waals surface area contributed by atoms with Crippen LogP contribution in [0.4, 0.5) is 8.78 Å². The molecule has 1 unspecified atom stereocenters. The molecule has 0 fully saturated rings. The van der Waals surface area contributed by atoms with E-state index in [9.17, 15) is 8.78 Å². The van der Waals surface area contributed by atoms with Gasteiger partial charge in [-0.05, 0) is 82.7 Å². The van der Waals surface area contributed by atoms with Crippen molar-refractivity contribution < 1.29 is 8.78 Å². The van der Waals surface area contributed by atoms with Gasteiger partial charge in [-0.25, -0.2) is 8.78 Å². The van der Waals surface area contributed by atoms with E-state index in [-0.39, 0.29) is 17.2 Å². The van der Waals surface area contributed by atoms with Crippen LogP contribution in [0.3, 0.4) is 0 Å². The first-order valence-electron chi connectivity index (χ1n) is 7.38. The van der Waals surface area contributed by atoms with Crippen LogP contribution in [0.15, 0.2) is 12.1 Å². The van der Waals surface area contributed by atoms with Crippen LogP contribution in [0.25, 0.3) is 0 Å². The van der Waals surface area contributed by atoms with Crippen molar-refractivity contribution in [2.75, 3.05) is 6.54 Å². The summed E-state index contributed by atoms with van der Waals surface area (Å²) in [6.45, 7) is 11.1. The lowest BCUT2D eigenvalue weighted by Gasteiger charge is -2.22. The average molecular weight is 283 g/mol. The van der Waals surface area contributed by atoms with Crippen molar-refractivity contribution in [3.63, 3.8) is 0 Å². The molecule has 0 aliphatic carbocycles. The van der Waals surface area contributed by atoms with Crippen LogP contribution < -0.4 is 5.32 Å². The summed E-state index contributed by atoms with van der Waals surface area (Å²) in [5.74, 6) is -0.110. The Morgan fingerprint density at radius 2 is 1.75 bits per heavy atom. The van der Waals surface area contributed by atoms with Gasteiger partial charge in [-0.2, -0.15) is 0 Å². The van der Waals surface area contributed by atoms with E-state index >= 15 is 0 Å². The van der Waals surface area contributed by atoms with E-state index in [0.29, 0.717) is 23.5 Å². The minimum absolute atomic E-state index is 0.131. The van der Waals surface area contributed by atoms with Gasteiger partial charge < -0.3 is 5.32 Å². The van der Waals surface area contributed by atoms with E-state index in [1.807, 2.05) is 0 Å². The Hall–Kier alpha value is -0.960. The molecule has 1 N–H and O–H groups in total. The maximum absolute atomic E-state index is 13.7. The van der Waals surface area contributed by atoms with Crippen LogP contribution in [0.2, 0.25) is 0 Å². The largest absolute Gasteiger partial charge is 0.312 e. The van der Waals surface area contributed by atoms with Crippen LogP contribution >= 0.6 is 0 Å². The predicted octanol–water partition coefficient (Wildman–Crippen LogP) is 4.62. The standard InChI is InChI=1S/C17H27F2N/c1-12(8-9-20-17(3,4)5)6-7-14-11-15(18)13(2)10-16(14)19/h10-12,20H,6-9H2,1-5H3. The van der Waals surface area contributed by atoms with Gasteiger partial charge in [0.2, 0.25) is 0 Å². The fraction of sp³-hybridized carbons (Fsp3) is 0.647. The fourth-order valence-corrected chi connectivity index (χ4v) is 2.12. The summed E-state index contributed by atoms with van der Waals surface area (Å²) in [4.78, 5) is 0. The molecule has 1 aromatic carbocycles. The van der Waals surface area contributed by atoms with Crippen molar-refractivity contribution in [2.24, 2.45) is 5.92 Å². The highest BCUT2D eigenvalue weighted by molar-refractivity contribution is 5.25. The Bertz CT molecular complexity index is 435. The lowest BCUT2D eigenvalue weighted by Crippen LogP contribution is -2.36. The molecule has 0 amide bonds. The molecule has 0 heterocycles. The highest BCUT2D eigenvalue weighted by Gasteiger charge is 2.11. The zero-order chi connectivity index (χ0) is 15.3. The highest BCUT2D eigenvalue weighted by atomic mass is 19.1. The van der Waals surface area contributed by atoms with E-state index < -0.39 is 0 Å². The molecular weight excluding hydrogens is 256 g/mol. The maximum atomic E-state index is 13.7. The van der Waals surface area contributed by atoms with Gasteiger partial charge in [-0.15, -0.1) is 0 Å². The van der Waals surface area contributed by atoms with E-state index in [0.717, 1.165) is 19.4 Å². The van der Waals surface area contributed by atoms with Gasteiger partial charge >= 0.3 is 0 Å². The Labute approximate surface area is 121 Å². The number of rotatable bonds is 6. The minimum Gasteiger partial charge on any atom is -0.312 e. The summed E-state index contributed by atoms with van der Waals surface area (Å²) in [5.41, 5.74) is 0.990. The Morgan fingerprint density at radius 3 is 2.35 bits per heavy atom. The Kier molecular flexibility index (Phi) is 6.12. The molecule has 0 aliphatic rings. The molecule has 0 aromatic heterocycles. The SMILES string of the molecule is Cc1cc(F)c(CCC(C)CCNC(C)(C)C)cc1F. The van der Waals surface area contributed by atoms with Crippen LogP contribution in [0.5, 0.6) is 0 Å². The Balaban J connectivity index is 2.41. The van der Waals surface area contributed by atoms with Crippen molar-refractivity contribution in [2.45, 2.75) is 59.4 Å². The zero-order valence-electron chi connectivity index (χ0n) is 13.3. The average Bonchev–Trinajstić information content (AvgIpc) is 2.30. The van der Waals surface area contributed by atoms with Gasteiger partial charge in [0.05, 0.1) is 0 Å². The third kappa shape index (κ3) is 6.00. The van der Waals surface area contributed by atoms with E-state index in [1.165, 1.54) is 12.1 Å². The Morgan fingerprint density at radius 1 is 1.10 bits per heavy atom. The van der Waals surface area contributed by atoms with Crippen molar-refractivity contribution in [3.8, 4) is 0 Å². The first kappa shape index (κ1) is 17.1. The molecule has 3 heteroatoms. The first-order chi connectivity index (χ1) is 9.19. The van der Waals surface area contributed by atoms with Gasteiger partial charge in [0.25, 0.3) is 0 Å². The predicted molar refractivity (Wildman–Crippen MR) is 81.0 cm³/mol. The lowest BCUT2D eigenvalue weighted by atomic mass is 9.97. The molecule has 1 atom stereocenters. The summed E-state index contributed by atoms with van der Waals surface area (Å²) < 4.78 is 27.2. The molecule has 114 valence electrons. The van der Waals surface area contributed by atoms with E-state index in [1.54, 1.807) is 6.92 Å². The summed E-state index contributed by atoms with van der Waals surface area (Å²) in [6, 6.07) is 2.63. The summed E-state index contributed by atoms with van der Waals surface area (Å²) in [6.07, 6.45) is 2.53. The van der Waals surface area contributed by atoms with E-state index in [4.69, 9.17) is 0 Å². The molecule has 1 nitrogen and oxygen atoms in total. The molecule has 0 bridgehead atoms. The molecule has 1 aromatic rings. The smallest absolute Gasteiger partial charge is 0.126 e. The third-order valence-corrected chi connectivity index (χ3v) is 3.53. The number of hydrogen-bond acceptors (Lipinski definition) is 1. The third-order valence-electron chi connectivity index (χ3n) is 3.53. The molecular formula is C17H27F2N. The van der Waals surface area contributed by atoms with Crippen molar-refractivity contribution >= 4 is 0 Å². The second-order valence-corrected chi connectivity index (χ2v) is 6.80. The van der Waals surface area contributed by atoms with Gasteiger partial charge in [-0.1, -0.05) is 6.92 Å². The normalized spacial score (nSPS) is 13.6. The molecule has 0 spiro atoms. The zero-order valence-corrected chi connectivity index (χ0v) is 13.3. The van der Waals surface area contributed by atoms with Gasteiger partial charge in [0.15, 0.2) is 0 Å². The lowest BCUT2D eigenvalue weighted by molar-refractivity contribution is 0.386. The minimum atomic E-state index is -0.316. The van der Waals surface area contributed by atoms with Crippen LogP contribution in [-0.4, -0.2) is 12.1 Å². The molecule has 0 aliphatic heterocycles. The number of nitrogens with one attached hydrogen (secondary N) is 1. The number of benzene rings is 1. The van der Waals surface area contributed by atoms with Crippen LogP contribution in [-0.2, 0) is 6.42 Å². The molecule has 0 radical (unpaired) electrons. The monoisotopic (exact) mass is 283 g/mol. The van der Waals surface area contributed by atoms with E-state index in [2.05, 4.69) is 33.0 Å². The molecule has 0 saturated carbocycles. The molecule has 20 heavy (non-hydrogen) atoms. The second kappa shape index (κ2) is 7.16. The van der Waals surface area contributed by atoms with Crippen molar-refractivity contribution in [1.29, 1.82) is 0 Å². The summed E-state index contributed by atoms with van der Waals surface area (Å²) >= 11 is 0. The first-order valence-corrected chi connectivity index (χ1v) is 7.38. The fourth-order valence-electron chi connectivity index (χ4n) is 2.12. The van der Waals surface area contributed by atoms with Crippen LogP contribution in [0, 0.1) is 24.5 Å².